The molecule has 46 heavy (non-hydrogen) atoms. The molecule has 2 bridgehead atoms. The Labute approximate surface area is 272 Å². The highest BCUT2D eigenvalue weighted by Gasteiger charge is 2.44. The Morgan fingerprint density at radius 2 is 1.22 bits per heavy atom. The van der Waals surface area contributed by atoms with Gasteiger partial charge in [-0.1, -0.05) is 107 Å². The van der Waals surface area contributed by atoms with E-state index in [9.17, 15) is 5.26 Å². The van der Waals surface area contributed by atoms with E-state index in [1.54, 1.807) is 0 Å². The molecule has 0 radical (unpaired) electrons. The fourth-order valence-electron chi connectivity index (χ4n) is 9.20. The third-order valence-electron chi connectivity index (χ3n) is 11.2. The molecule has 4 nitrogen and oxygen atoms in total. The van der Waals surface area contributed by atoms with Crippen LogP contribution in [0, 0.1) is 29.1 Å². The first-order valence-corrected chi connectivity index (χ1v) is 16.8. The molecule has 0 N–H and O–H groups in total. The molecule has 3 aliphatic carbocycles. The van der Waals surface area contributed by atoms with Crippen LogP contribution in [0.5, 0.6) is 0 Å². The minimum absolute atomic E-state index is 0.198. The molecule has 5 aromatic rings. The number of fused-ring (bicyclic) bond motifs is 5. The molecular weight excluding hydrogens is 560 g/mol. The lowest BCUT2D eigenvalue weighted by atomic mass is 9.57. The van der Waals surface area contributed by atoms with Crippen LogP contribution in [0.1, 0.15) is 82.1 Å². The number of nitriles is 1. The molecule has 4 heteroatoms. The maximum Gasteiger partial charge on any atom is 0.164 e. The summed E-state index contributed by atoms with van der Waals surface area (Å²) in [5.74, 6) is 4.35. The Kier molecular flexibility index (Phi) is 6.73. The minimum Gasteiger partial charge on any atom is -0.208 e. The molecule has 1 aromatic heterocycles. The van der Waals surface area contributed by atoms with E-state index in [2.05, 4.69) is 58.0 Å². The molecule has 0 aliphatic heterocycles. The second-order valence-electron chi connectivity index (χ2n) is 15.0. The molecule has 4 aromatic carbocycles. The lowest BCUT2D eigenvalue weighted by Gasteiger charge is -2.48. The first-order chi connectivity index (χ1) is 22.2. The van der Waals surface area contributed by atoms with Gasteiger partial charge in [-0.3, -0.25) is 0 Å². The molecule has 0 saturated heterocycles. The third kappa shape index (κ3) is 4.76. The van der Waals surface area contributed by atoms with E-state index in [1.165, 1.54) is 48.8 Å². The van der Waals surface area contributed by atoms with Crippen LogP contribution in [0.15, 0.2) is 91.0 Å². The van der Waals surface area contributed by atoms with E-state index in [1.807, 2.05) is 66.7 Å². The van der Waals surface area contributed by atoms with Crippen molar-refractivity contribution in [2.45, 2.75) is 70.6 Å². The maximum absolute atomic E-state index is 10.5. The number of benzene rings is 4. The van der Waals surface area contributed by atoms with Crippen LogP contribution in [-0.4, -0.2) is 15.0 Å². The van der Waals surface area contributed by atoms with Crippen LogP contribution >= 0.6 is 0 Å². The maximum atomic E-state index is 10.5. The number of rotatable bonds is 4. The van der Waals surface area contributed by atoms with E-state index in [0.29, 0.717) is 23.0 Å². The summed E-state index contributed by atoms with van der Waals surface area (Å²) in [6, 6.07) is 34.0. The van der Waals surface area contributed by atoms with Gasteiger partial charge in [-0.15, -0.1) is 0 Å². The summed E-state index contributed by atoms with van der Waals surface area (Å²) in [6.07, 6.45) is 6.71. The average Bonchev–Trinajstić information content (AvgIpc) is 3.30. The Balaban J connectivity index is 1.24. The zero-order valence-electron chi connectivity index (χ0n) is 27.2. The van der Waals surface area contributed by atoms with Gasteiger partial charge in [0, 0.05) is 27.7 Å². The minimum atomic E-state index is -0.269. The predicted octanol–water partition coefficient (Wildman–Crippen LogP) is 10.2. The van der Waals surface area contributed by atoms with Gasteiger partial charge in [-0.25, -0.2) is 15.0 Å². The van der Waals surface area contributed by atoms with E-state index < -0.39 is 0 Å². The molecule has 1 heterocycles. The first kappa shape index (κ1) is 28.8. The topological polar surface area (TPSA) is 62.5 Å². The fraction of sp³-hybridized carbons (Fsp3) is 0.333. The van der Waals surface area contributed by atoms with Crippen LogP contribution in [0.3, 0.4) is 0 Å². The van der Waals surface area contributed by atoms with Crippen molar-refractivity contribution in [1.82, 2.24) is 15.0 Å². The molecule has 0 amide bonds. The highest BCUT2D eigenvalue weighted by Crippen LogP contribution is 2.55. The third-order valence-corrected chi connectivity index (χ3v) is 11.2. The normalized spacial score (nSPS) is 24.1. The van der Waals surface area contributed by atoms with E-state index >= 15 is 0 Å². The summed E-state index contributed by atoms with van der Waals surface area (Å²) in [4.78, 5) is 14.8. The van der Waals surface area contributed by atoms with Crippen LogP contribution in [-0.2, 0) is 10.8 Å². The Bertz CT molecular complexity index is 1930. The average molecular weight is 601 g/mol. The predicted molar refractivity (Wildman–Crippen MR) is 185 cm³/mol. The van der Waals surface area contributed by atoms with Crippen LogP contribution in [0.25, 0.3) is 45.3 Å². The highest BCUT2D eigenvalue weighted by atomic mass is 15.0. The van der Waals surface area contributed by atoms with Crippen LogP contribution < -0.4 is 0 Å². The molecular formula is C42H40N4. The van der Waals surface area contributed by atoms with Gasteiger partial charge in [0.15, 0.2) is 17.5 Å². The summed E-state index contributed by atoms with van der Waals surface area (Å²) in [5.41, 5.74) is 9.49. The van der Waals surface area contributed by atoms with E-state index in [4.69, 9.17) is 15.0 Å². The van der Waals surface area contributed by atoms with E-state index in [-0.39, 0.29) is 10.8 Å². The summed E-state index contributed by atoms with van der Waals surface area (Å²) in [7, 11) is 0. The summed E-state index contributed by atoms with van der Waals surface area (Å²) in [6.45, 7) is 9.57. The van der Waals surface area contributed by atoms with Crippen molar-refractivity contribution in [3.8, 4) is 51.4 Å². The van der Waals surface area contributed by atoms with Gasteiger partial charge >= 0.3 is 0 Å². The largest absolute Gasteiger partial charge is 0.208 e. The van der Waals surface area contributed by atoms with Gasteiger partial charge in [0.05, 0.1) is 11.6 Å². The van der Waals surface area contributed by atoms with Gasteiger partial charge < -0.3 is 0 Å². The Morgan fingerprint density at radius 3 is 1.78 bits per heavy atom. The number of hydrogen-bond donors (Lipinski definition) is 0. The Morgan fingerprint density at radius 1 is 0.652 bits per heavy atom. The molecule has 2 fully saturated rings. The number of aromatic nitrogens is 3. The lowest BCUT2D eigenvalue weighted by Crippen LogP contribution is -2.38. The van der Waals surface area contributed by atoms with Crippen molar-refractivity contribution in [2.24, 2.45) is 17.8 Å². The van der Waals surface area contributed by atoms with Crippen molar-refractivity contribution in [3.63, 3.8) is 0 Å². The standard InChI is InChI=1S/C42H40N4/c1-26-17-27-19-28(18-26)24-42(4,23-27)33-15-16-34-35(22-33)41(2,3)36-21-31(20-32(25-43)37(34)36)40-45-38(29-11-7-5-8-12-29)44-39(46-40)30-13-9-6-10-14-30/h5-16,20-22,26-28H,17-19,23-24H2,1-4H3/t26-,27+,28?,42?/m0/s1. The van der Waals surface area contributed by atoms with Crippen molar-refractivity contribution in [2.75, 3.05) is 0 Å². The Hall–Kier alpha value is -4.62. The second kappa shape index (κ2) is 10.7. The monoisotopic (exact) mass is 600 g/mol. The van der Waals surface area contributed by atoms with Crippen molar-refractivity contribution >= 4 is 0 Å². The summed E-state index contributed by atoms with van der Waals surface area (Å²) >= 11 is 0. The molecule has 8 rings (SSSR count). The quantitative estimate of drug-likeness (QED) is 0.206. The molecule has 4 atom stereocenters. The molecule has 2 saturated carbocycles. The van der Waals surface area contributed by atoms with Crippen molar-refractivity contribution < 1.29 is 0 Å². The SMILES string of the molecule is C[C@@H]1CC2C[C@@H](C1)CC(C)(c1ccc3c(c1)C(C)(C)c1cc(-c4nc(-c5ccccc5)nc(-c5ccccc5)n4)cc(C#N)c1-3)C2. The van der Waals surface area contributed by atoms with Gasteiger partial charge in [0.2, 0.25) is 0 Å². The van der Waals surface area contributed by atoms with Crippen molar-refractivity contribution in [3.05, 3.63) is 113 Å². The zero-order valence-corrected chi connectivity index (χ0v) is 27.2. The molecule has 0 spiro atoms. The highest BCUT2D eigenvalue weighted by molar-refractivity contribution is 5.87. The van der Waals surface area contributed by atoms with Gasteiger partial charge in [0.1, 0.15) is 0 Å². The van der Waals surface area contributed by atoms with Gasteiger partial charge in [-0.2, -0.15) is 5.26 Å². The van der Waals surface area contributed by atoms with Gasteiger partial charge in [0.25, 0.3) is 0 Å². The van der Waals surface area contributed by atoms with Crippen LogP contribution in [0.2, 0.25) is 0 Å². The first-order valence-electron chi connectivity index (χ1n) is 16.8. The van der Waals surface area contributed by atoms with Gasteiger partial charge in [-0.05, 0) is 89.7 Å². The number of hydrogen-bond acceptors (Lipinski definition) is 4. The molecule has 2 unspecified atom stereocenters. The lowest BCUT2D eigenvalue weighted by molar-refractivity contribution is 0.0898. The summed E-state index contributed by atoms with van der Waals surface area (Å²) in [5, 5.41) is 10.5. The molecule has 228 valence electrons. The van der Waals surface area contributed by atoms with Crippen LogP contribution in [0.4, 0.5) is 0 Å². The fourth-order valence-corrected chi connectivity index (χ4v) is 9.20. The smallest absolute Gasteiger partial charge is 0.164 e. The van der Waals surface area contributed by atoms with Crippen molar-refractivity contribution in [1.29, 1.82) is 5.26 Å². The van der Waals surface area contributed by atoms with E-state index in [0.717, 1.165) is 45.6 Å². The summed E-state index contributed by atoms with van der Waals surface area (Å²) < 4.78 is 0. The molecule has 3 aliphatic rings. The number of nitrogens with zero attached hydrogens (tertiary/aromatic N) is 4. The zero-order chi connectivity index (χ0) is 31.6. The second-order valence-corrected chi connectivity index (χ2v) is 15.0.